The van der Waals surface area contributed by atoms with Crippen molar-refractivity contribution in [2.75, 3.05) is 18.0 Å². The van der Waals surface area contributed by atoms with Gasteiger partial charge in [-0.15, -0.1) is 0 Å². The van der Waals surface area contributed by atoms with E-state index in [9.17, 15) is 4.21 Å². The Hall–Kier alpha value is -1.65. The van der Waals surface area contributed by atoms with Gasteiger partial charge in [-0.3, -0.25) is 4.21 Å². The summed E-state index contributed by atoms with van der Waals surface area (Å²) < 4.78 is 12.7. The lowest BCUT2D eigenvalue weighted by atomic mass is 10.1. The molecule has 2 heterocycles. The van der Waals surface area contributed by atoms with E-state index in [4.69, 9.17) is 0 Å². The summed E-state index contributed by atoms with van der Waals surface area (Å²) in [6, 6.07) is 17.0. The molecule has 0 amide bonds. The second kappa shape index (κ2) is 5.86. The number of rotatable bonds is 2. The molecule has 1 fully saturated rings. The molecule has 1 saturated heterocycles. The van der Waals surface area contributed by atoms with Gasteiger partial charge in [0.15, 0.2) is 0 Å². The van der Waals surface area contributed by atoms with Crippen molar-refractivity contribution in [3.05, 3.63) is 54.1 Å². The highest BCUT2D eigenvalue weighted by molar-refractivity contribution is 7.84. The summed E-state index contributed by atoms with van der Waals surface area (Å²) in [5.41, 5.74) is 3.48. The van der Waals surface area contributed by atoms with Crippen LogP contribution in [0.4, 0.5) is 11.4 Å². The highest BCUT2D eigenvalue weighted by Crippen LogP contribution is 2.38. The molecule has 0 aliphatic carbocycles. The first-order valence-electron chi connectivity index (χ1n) is 7.89. The van der Waals surface area contributed by atoms with Crippen molar-refractivity contribution in [1.29, 1.82) is 0 Å². The molecule has 2 unspecified atom stereocenters. The van der Waals surface area contributed by atoms with Crippen LogP contribution in [0.5, 0.6) is 0 Å². The summed E-state index contributed by atoms with van der Waals surface area (Å²) in [6.45, 7) is 2.04. The van der Waals surface area contributed by atoms with Crippen LogP contribution >= 0.6 is 0 Å². The average Bonchev–Trinajstić information content (AvgIpc) is 3.03. The van der Waals surface area contributed by atoms with E-state index in [1.807, 2.05) is 24.3 Å². The van der Waals surface area contributed by atoms with Crippen LogP contribution in [-0.4, -0.2) is 23.3 Å². The molecule has 2 aromatic rings. The van der Waals surface area contributed by atoms with Crippen molar-refractivity contribution in [3.8, 4) is 0 Å². The lowest BCUT2D eigenvalue weighted by Gasteiger charge is -2.29. The first-order chi connectivity index (χ1) is 10.8. The summed E-state index contributed by atoms with van der Waals surface area (Å²) in [5.74, 6) is 0.599. The molecule has 22 heavy (non-hydrogen) atoms. The summed E-state index contributed by atoms with van der Waals surface area (Å²) >= 11 is 0. The van der Waals surface area contributed by atoms with Crippen LogP contribution in [0.25, 0.3) is 0 Å². The van der Waals surface area contributed by atoms with Crippen molar-refractivity contribution in [1.82, 2.24) is 5.32 Å². The van der Waals surface area contributed by atoms with Crippen LogP contribution in [-0.2, 0) is 16.6 Å². The van der Waals surface area contributed by atoms with Gasteiger partial charge in [0.25, 0.3) is 0 Å². The second-order valence-corrected chi connectivity index (χ2v) is 7.41. The summed E-state index contributed by atoms with van der Waals surface area (Å²) in [7, 11) is -0.980. The quantitative estimate of drug-likeness (QED) is 0.924. The van der Waals surface area contributed by atoms with Gasteiger partial charge in [0.1, 0.15) is 0 Å². The molecule has 114 valence electrons. The van der Waals surface area contributed by atoms with Gasteiger partial charge < -0.3 is 10.2 Å². The molecule has 2 aromatic carbocycles. The standard InChI is InChI=1S/C18H20N2OS/c21-22-13-14-6-1-2-8-16(14)20(12-15-7-5-11-19-15)17-9-3-4-10-18(17)22/h1-4,6,8-10,15,19H,5,7,11-13H2. The van der Waals surface area contributed by atoms with Crippen molar-refractivity contribution in [3.63, 3.8) is 0 Å². The van der Waals surface area contributed by atoms with Gasteiger partial charge in [-0.1, -0.05) is 30.3 Å². The molecule has 4 heteroatoms. The fourth-order valence-electron chi connectivity index (χ4n) is 3.45. The van der Waals surface area contributed by atoms with Crippen LogP contribution in [0.2, 0.25) is 0 Å². The number of anilines is 2. The number of hydrogen-bond donors (Lipinski definition) is 1. The SMILES string of the molecule is O=S1Cc2ccccc2N(CC2CCCN2)c2ccccc21. The molecule has 2 aliphatic rings. The highest BCUT2D eigenvalue weighted by Gasteiger charge is 2.27. The number of fused-ring (bicyclic) bond motifs is 2. The van der Waals surface area contributed by atoms with Crippen molar-refractivity contribution in [2.24, 2.45) is 0 Å². The number of benzene rings is 2. The summed E-state index contributed by atoms with van der Waals surface area (Å²) in [4.78, 5) is 3.31. The van der Waals surface area contributed by atoms with Gasteiger partial charge in [0.05, 0.1) is 27.1 Å². The Morgan fingerprint density at radius 3 is 2.68 bits per heavy atom. The van der Waals surface area contributed by atoms with Crippen LogP contribution < -0.4 is 10.2 Å². The third-order valence-electron chi connectivity index (χ3n) is 4.54. The summed E-state index contributed by atoms with van der Waals surface area (Å²) in [5, 5.41) is 3.58. The monoisotopic (exact) mass is 312 g/mol. The maximum Gasteiger partial charge on any atom is 0.0628 e. The van der Waals surface area contributed by atoms with E-state index < -0.39 is 10.8 Å². The van der Waals surface area contributed by atoms with Crippen LogP contribution in [0.1, 0.15) is 18.4 Å². The molecule has 0 spiro atoms. The minimum atomic E-state index is -0.980. The molecule has 0 aromatic heterocycles. The molecule has 1 N–H and O–H groups in total. The molecule has 4 rings (SSSR count). The smallest absolute Gasteiger partial charge is 0.0628 e. The zero-order valence-corrected chi connectivity index (χ0v) is 13.3. The van der Waals surface area contributed by atoms with E-state index in [2.05, 4.69) is 34.5 Å². The molecule has 2 atom stereocenters. The molecule has 2 aliphatic heterocycles. The highest BCUT2D eigenvalue weighted by atomic mass is 32.2. The maximum atomic E-state index is 12.7. The Bertz CT molecular complexity index is 710. The zero-order valence-electron chi connectivity index (χ0n) is 12.5. The minimum absolute atomic E-state index is 0.507. The topological polar surface area (TPSA) is 32.3 Å². The average molecular weight is 312 g/mol. The first-order valence-corrected chi connectivity index (χ1v) is 9.21. The van der Waals surface area contributed by atoms with Crippen molar-refractivity contribution >= 4 is 22.2 Å². The van der Waals surface area contributed by atoms with E-state index in [-0.39, 0.29) is 0 Å². The lowest BCUT2D eigenvalue weighted by Crippen LogP contribution is -2.35. The first kappa shape index (κ1) is 14.0. The van der Waals surface area contributed by atoms with Crippen LogP contribution in [0, 0.1) is 0 Å². The second-order valence-electron chi connectivity index (χ2n) is 5.99. The van der Waals surface area contributed by atoms with E-state index >= 15 is 0 Å². The van der Waals surface area contributed by atoms with Crippen LogP contribution in [0.3, 0.4) is 0 Å². The third kappa shape index (κ3) is 2.46. The predicted molar refractivity (Wildman–Crippen MR) is 91.0 cm³/mol. The molecule has 3 nitrogen and oxygen atoms in total. The molecular formula is C18H20N2OS. The van der Waals surface area contributed by atoms with Crippen LogP contribution in [0.15, 0.2) is 53.4 Å². The van der Waals surface area contributed by atoms with Gasteiger partial charge in [-0.05, 0) is 43.1 Å². The third-order valence-corrected chi connectivity index (χ3v) is 5.94. The summed E-state index contributed by atoms with van der Waals surface area (Å²) in [6.07, 6.45) is 2.46. The number of nitrogens with zero attached hydrogens (tertiary/aromatic N) is 1. The number of para-hydroxylation sites is 2. The molecule has 0 saturated carbocycles. The van der Waals surface area contributed by atoms with Gasteiger partial charge in [0, 0.05) is 18.3 Å². The molecule has 0 bridgehead atoms. The molecular weight excluding hydrogens is 292 g/mol. The minimum Gasteiger partial charge on any atom is -0.339 e. The van der Waals surface area contributed by atoms with Crippen molar-refractivity contribution in [2.45, 2.75) is 29.5 Å². The van der Waals surface area contributed by atoms with E-state index in [1.165, 1.54) is 24.1 Å². The van der Waals surface area contributed by atoms with E-state index in [0.29, 0.717) is 11.8 Å². The van der Waals surface area contributed by atoms with Gasteiger partial charge in [-0.25, -0.2) is 0 Å². The predicted octanol–water partition coefficient (Wildman–Crippen LogP) is 3.20. The van der Waals surface area contributed by atoms with E-state index in [1.54, 1.807) is 0 Å². The Morgan fingerprint density at radius 1 is 1.09 bits per heavy atom. The fraction of sp³-hybridized carbons (Fsp3) is 0.333. The zero-order chi connectivity index (χ0) is 14.9. The molecule has 0 radical (unpaired) electrons. The largest absolute Gasteiger partial charge is 0.339 e. The lowest BCUT2D eigenvalue weighted by molar-refractivity contribution is 0.607. The Kier molecular flexibility index (Phi) is 3.72. The number of hydrogen-bond acceptors (Lipinski definition) is 3. The van der Waals surface area contributed by atoms with Gasteiger partial charge in [-0.2, -0.15) is 0 Å². The van der Waals surface area contributed by atoms with Gasteiger partial charge >= 0.3 is 0 Å². The maximum absolute atomic E-state index is 12.7. The normalized spacial score (nSPS) is 23.7. The van der Waals surface area contributed by atoms with E-state index in [0.717, 1.165) is 23.7 Å². The van der Waals surface area contributed by atoms with Gasteiger partial charge in [0.2, 0.25) is 0 Å². The fourth-order valence-corrected chi connectivity index (χ4v) is 4.77. The Balaban J connectivity index is 1.83. The number of nitrogens with one attached hydrogen (secondary N) is 1. The van der Waals surface area contributed by atoms with Crippen molar-refractivity contribution < 1.29 is 4.21 Å². The Labute approximate surface area is 133 Å². The Morgan fingerprint density at radius 2 is 1.86 bits per heavy atom.